The molecule has 0 radical (unpaired) electrons. The maximum atomic E-state index is 12.1. The lowest BCUT2D eigenvalue weighted by atomic mass is 10.2. The van der Waals surface area contributed by atoms with Crippen molar-refractivity contribution < 1.29 is 13.2 Å². The SMILES string of the molecule is CN(CCS(C)(=O)=O)C(=O)c1ccc2nc[nH]c2c1. The summed E-state index contributed by atoms with van der Waals surface area (Å²) in [5.41, 5.74) is 2.07. The molecule has 0 bridgehead atoms. The second kappa shape index (κ2) is 5.00. The summed E-state index contributed by atoms with van der Waals surface area (Å²) in [4.78, 5) is 20.5. The fourth-order valence-corrected chi connectivity index (χ4v) is 2.30. The van der Waals surface area contributed by atoms with Crippen LogP contribution in [0.4, 0.5) is 0 Å². The molecular weight excluding hydrogens is 266 g/mol. The van der Waals surface area contributed by atoms with E-state index >= 15 is 0 Å². The highest BCUT2D eigenvalue weighted by Gasteiger charge is 2.14. The molecule has 102 valence electrons. The molecule has 0 fully saturated rings. The number of nitrogens with one attached hydrogen (secondary N) is 1. The Hall–Kier alpha value is -1.89. The largest absolute Gasteiger partial charge is 0.345 e. The first-order valence-electron chi connectivity index (χ1n) is 5.73. The number of fused-ring (bicyclic) bond motifs is 1. The van der Waals surface area contributed by atoms with Gasteiger partial charge in [-0.15, -0.1) is 0 Å². The van der Waals surface area contributed by atoms with E-state index in [1.54, 1.807) is 31.6 Å². The molecule has 6 nitrogen and oxygen atoms in total. The van der Waals surface area contributed by atoms with Gasteiger partial charge in [0.05, 0.1) is 23.1 Å². The Morgan fingerprint density at radius 2 is 2.16 bits per heavy atom. The molecule has 0 aliphatic heterocycles. The van der Waals surface area contributed by atoms with Gasteiger partial charge in [-0.25, -0.2) is 13.4 Å². The zero-order valence-electron chi connectivity index (χ0n) is 10.8. The van der Waals surface area contributed by atoms with Gasteiger partial charge in [0, 0.05) is 25.4 Å². The number of benzene rings is 1. The van der Waals surface area contributed by atoms with E-state index in [0.717, 1.165) is 17.3 Å². The van der Waals surface area contributed by atoms with E-state index in [-0.39, 0.29) is 18.2 Å². The zero-order chi connectivity index (χ0) is 14.0. The Kier molecular flexibility index (Phi) is 3.57. The van der Waals surface area contributed by atoms with E-state index < -0.39 is 9.84 Å². The summed E-state index contributed by atoms with van der Waals surface area (Å²) in [6.07, 6.45) is 2.72. The van der Waals surface area contributed by atoms with Gasteiger partial charge in [0.1, 0.15) is 9.84 Å². The van der Waals surface area contributed by atoms with Crippen LogP contribution in [0.2, 0.25) is 0 Å². The minimum Gasteiger partial charge on any atom is -0.345 e. The average molecular weight is 281 g/mol. The Morgan fingerprint density at radius 1 is 1.42 bits per heavy atom. The van der Waals surface area contributed by atoms with Gasteiger partial charge in [-0.3, -0.25) is 4.79 Å². The second-order valence-electron chi connectivity index (χ2n) is 4.49. The number of carbonyl (C=O) groups is 1. The maximum Gasteiger partial charge on any atom is 0.253 e. The molecule has 1 N–H and O–H groups in total. The lowest BCUT2D eigenvalue weighted by Crippen LogP contribution is -2.31. The fourth-order valence-electron chi connectivity index (χ4n) is 1.69. The van der Waals surface area contributed by atoms with Gasteiger partial charge in [0.25, 0.3) is 5.91 Å². The van der Waals surface area contributed by atoms with Crippen molar-refractivity contribution in [1.82, 2.24) is 14.9 Å². The van der Waals surface area contributed by atoms with E-state index in [0.29, 0.717) is 5.56 Å². The van der Waals surface area contributed by atoms with Crippen LogP contribution in [-0.2, 0) is 9.84 Å². The van der Waals surface area contributed by atoms with Gasteiger partial charge >= 0.3 is 0 Å². The van der Waals surface area contributed by atoms with Crippen LogP contribution < -0.4 is 0 Å². The fraction of sp³-hybridized carbons (Fsp3) is 0.333. The van der Waals surface area contributed by atoms with E-state index in [9.17, 15) is 13.2 Å². The highest BCUT2D eigenvalue weighted by Crippen LogP contribution is 2.13. The molecule has 2 rings (SSSR count). The third-order valence-electron chi connectivity index (χ3n) is 2.81. The van der Waals surface area contributed by atoms with Crippen LogP contribution in [0.5, 0.6) is 0 Å². The molecule has 0 aliphatic rings. The van der Waals surface area contributed by atoms with Crippen LogP contribution in [0.15, 0.2) is 24.5 Å². The molecular formula is C12H15N3O3S. The molecule has 0 aliphatic carbocycles. The van der Waals surface area contributed by atoms with Crippen LogP contribution in [0.3, 0.4) is 0 Å². The van der Waals surface area contributed by atoms with Crippen molar-refractivity contribution in [2.45, 2.75) is 0 Å². The summed E-state index contributed by atoms with van der Waals surface area (Å²) in [6, 6.07) is 5.15. The minimum atomic E-state index is -3.07. The van der Waals surface area contributed by atoms with Gasteiger partial charge in [-0.1, -0.05) is 0 Å². The van der Waals surface area contributed by atoms with Gasteiger partial charge in [0.15, 0.2) is 0 Å². The predicted molar refractivity (Wildman–Crippen MR) is 72.8 cm³/mol. The number of hydrogen-bond donors (Lipinski definition) is 1. The van der Waals surface area contributed by atoms with Crippen molar-refractivity contribution in [2.24, 2.45) is 0 Å². The molecule has 0 unspecified atom stereocenters. The molecule has 0 atom stereocenters. The van der Waals surface area contributed by atoms with E-state index in [1.807, 2.05) is 0 Å². The second-order valence-corrected chi connectivity index (χ2v) is 6.75. The lowest BCUT2D eigenvalue weighted by Gasteiger charge is -2.16. The minimum absolute atomic E-state index is 0.0401. The van der Waals surface area contributed by atoms with Gasteiger partial charge in [-0.2, -0.15) is 0 Å². The predicted octanol–water partition coefficient (Wildman–Crippen LogP) is 0.679. The molecule has 7 heteroatoms. The third-order valence-corrected chi connectivity index (χ3v) is 3.74. The average Bonchev–Trinajstić information content (AvgIpc) is 2.81. The Bertz CT molecular complexity index is 706. The van der Waals surface area contributed by atoms with Crippen LogP contribution in [0, 0.1) is 0 Å². The summed E-state index contributed by atoms with van der Waals surface area (Å²) >= 11 is 0. The topological polar surface area (TPSA) is 83.1 Å². The number of rotatable bonds is 4. The molecule has 0 saturated heterocycles. The van der Waals surface area contributed by atoms with Crippen LogP contribution in [0.1, 0.15) is 10.4 Å². The van der Waals surface area contributed by atoms with Crippen molar-refractivity contribution >= 4 is 26.8 Å². The van der Waals surface area contributed by atoms with Crippen LogP contribution in [-0.4, -0.2) is 54.8 Å². The van der Waals surface area contributed by atoms with Gasteiger partial charge in [0.2, 0.25) is 0 Å². The number of nitrogens with zero attached hydrogens (tertiary/aromatic N) is 2. The summed E-state index contributed by atoms with van der Waals surface area (Å²) in [7, 11) is -1.48. The van der Waals surface area contributed by atoms with Crippen molar-refractivity contribution in [2.75, 3.05) is 25.6 Å². The van der Waals surface area contributed by atoms with E-state index in [4.69, 9.17) is 0 Å². The van der Waals surface area contributed by atoms with E-state index in [2.05, 4.69) is 9.97 Å². The van der Waals surface area contributed by atoms with Crippen molar-refractivity contribution in [3.05, 3.63) is 30.1 Å². The van der Waals surface area contributed by atoms with Gasteiger partial charge in [-0.05, 0) is 18.2 Å². The number of carbonyl (C=O) groups excluding carboxylic acids is 1. The lowest BCUT2D eigenvalue weighted by molar-refractivity contribution is 0.0803. The summed E-state index contributed by atoms with van der Waals surface area (Å²) < 4.78 is 22.2. The first-order chi connectivity index (χ1) is 8.87. The van der Waals surface area contributed by atoms with Crippen molar-refractivity contribution in [3.63, 3.8) is 0 Å². The summed E-state index contributed by atoms with van der Waals surface area (Å²) in [5.74, 6) is -0.248. The Labute approximate surface area is 111 Å². The number of H-pyrrole nitrogens is 1. The Balaban J connectivity index is 2.14. The molecule has 1 amide bonds. The Morgan fingerprint density at radius 3 is 2.84 bits per heavy atom. The number of amides is 1. The zero-order valence-corrected chi connectivity index (χ0v) is 11.6. The third kappa shape index (κ3) is 3.31. The maximum absolute atomic E-state index is 12.1. The molecule has 19 heavy (non-hydrogen) atoms. The number of sulfone groups is 1. The quantitative estimate of drug-likeness (QED) is 0.893. The van der Waals surface area contributed by atoms with Crippen molar-refractivity contribution in [3.8, 4) is 0 Å². The smallest absolute Gasteiger partial charge is 0.253 e. The van der Waals surface area contributed by atoms with E-state index in [1.165, 1.54) is 4.90 Å². The summed E-state index contributed by atoms with van der Waals surface area (Å²) in [6.45, 7) is 0.179. The first kappa shape index (κ1) is 13.5. The summed E-state index contributed by atoms with van der Waals surface area (Å²) in [5, 5.41) is 0. The number of aromatic nitrogens is 2. The molecule has 1 aromatic heterocycles. The molecule has 2 aromatic rings. The van der Waals surface area contributed by atoms with Crippen LogP contribution in [0.25, 0.3) is 11.0 Å². The highest BCUT2D eigenvalue weighted by atomic mass is 32.2. The highest BCUT2D eigenvalue weighted by molar-refractivity contribution is 7.90. The monoisotopic (exact) mass is 281 g/mol. The molecule has 1 aromatic carbocycles. The number of hydrogen-bond acceptors (Lipinski definition) is 4. The van der Waals surface area contributed by atoms with Crippen LogP contribution >= 0.6 is 0 Å². The number of aromatic amines is 1. The number of imidazole rings is 1. The molecule has 0 saturated carbocycles. The normalized spacial score (nSPS) is 11.7. The first-order valence-corrected chi connectivity index (χ1v) is 7.79. The van der Waals surface area contributed by atoms with Crippen molar-refractivity contribution in [1.29, 1.82) is 0 Å². The van der Waals surface area contributed by atoms with Gasteiger partial charge < -0.3 is 9.88 Å². The standard InChI is InChI=1S/C12H15N3O3S/c1-15(5-6-19(2,17)18)12(16)9-3-4-10-11(7-9)14-8-13-10/h3-4,7-8H,5-6H2,1-2H3,(H,13,14). The molecule has 0 spiro atoms. The molecule has 1 heterocycles.